The summed E-state index contributed by atoms with van der Waals surface area (Å²) in [6.07, 6.45) is 4.96. The monoisotopic (exact) mass is 508 g/mol. The fourth-order valence-corrected chi connectivity index (χ4v) is 9.84. The van der Waals surface area contributed by atoms with E-state index in [0.29, 0.717) is 24.2 Å². The van der Waals surface area contributed by atoms with Gasteiger partial charge in [-0.15, -0.1) is 0 Å². The molecule has 6 heteroatoms. The Labute approximate surface area is 218 Å². The van der Waals surface area contributed by atoms with E-state index in [9.17, 15) is 25.2 Å². The van der Waals surface area contributed by atoms with Crippen molar-refractivity contribution in [2.24, 2.45) is 46.3 Å². The van der Waals surface area contributed by atoms with Crippen molar-refractivity contribution < 1.29 is 30.0 Å². The maximum atomic E-state index is 11.7. The van der Waals surface area contributed by atoms with Gasteiger partial charge >= 0.3 is 5.97 Å². The third-order valence-electron chi connectivity index (χ3n) is 12.3. The summed E-state index contributed by atoms with van der Waals surface area (Å²) in [5.74, 6) is 2.14. The standard InChI is InChI=1S/C30H52O6/c1-17(8-9-18(2)27(4,5)36-19(3)31)22-10-11-23-21-15-26(34)30(35)16-20(32)14-25(33)29(30,7)24(21)12-13-28(22,23)6/h17-18,20-26,32-35H,8-16H2,1-7H3/t17-,18+,20?,21?,22?,23?,24?,25?,26?,28?,29?,30+/m1/s1. The summed E-state index contributed by atoms with van der Waals surface area (Å²) >= 11 is 0. The topological polar surface area (TPSA) is 107 Å². The van der Waals surface area contributed by atoms with Crippen molar-refractivity contribution in [1.82, 2.24) is 0 Å². The highest BCUT2D eigenvalue weighted by molar-refractivity contribution is 5.66. The Balaban J connectivity index is 1.49. The maximum Gasteiger partial charge on any atom is 0.303 e. The molecular formula is C30H52O6. The Morgan fingerprint density at radius 3 is 2.31 bits per heavy atom. The van der Waals surface area contributed by atoms with Crippen molar-refractivity contribution in [3.8, 4) is 0 Å². The first-order valence-corrected chi connectivity index (χ1v) is 14.5. The normalized spacial score (nSPS) is 48.4. The van der Waals surface area contributed by atoms with Crippen molar-refractivity contribution in [2.45, 2.75) is 136 Å². The number of ether oxygens (including phenoxy) is 1. The lowest BCUT2D eigenvalue weighted by Crippen LogP contribution is -2.72. The predicted molar refractivity (Wildman–Crippen MR) is 139 cm³/mol. The lowest BCUT2D eigenvalue weighted by Gasteiger charge is -2.66. The number of hydrogen-bond donors (Lipinski definition) is 4. The van der Waals surface area contributed by atoms with Gasteiger partial charge in [0.1, 0.15) is 11.2 Å². The quantitative estimate of drug-likeness (QED) is 0.395. The van der Waals surface area contributed by atoms with Crippen LogP contribution in [0.1, 0.15) is 106 Å². The largest absolute Gasteiger partial charge is 0.460 e. The molecule has 12 atom stereocenters. The van der Waals surface area contributed by atoms with Gasteiger partial charge in [-0.05, 0) is 99.7 Å². The van der Waals surface area contributed by atoms with E-state index >= 15 is 0 Å². The zero-order valence-electron chi connectivity index (χ0n) is 23.7. The first-order chi connectivity index (χ1) is 16.6. The third-order valence-corrected chi connectivity index (χ3v) is 12.3. The summed E-state index contributed by atoms with van der Waals surface area (Å²) in [6.45, 7) is 14.5. The Bertz CT molecular complexity index is 828. The third kappa shape index (κ3) is 4.26. The van der Waals surface area contributed by atoms with Crippen LogP contribution in [0.2, 0.25) is 0 Å². The summed E-state index contributed by atoms with van der Waals surface area (Å²) < 4.78 is 5.59. The average molecular weight is 509 g/mol. The summed E-state index contributed by atoms with van der Waals surface area (Å²) in [6, 6.07) is 0. The van der Waals surface area contributed by atoms with Crippen molar-refractivity contribution >= 4 is 5.97 Å². The Hall–Kier alpha value is -0.690. The minimum absolute atomic E-state index is 0.147. The molecule has 208 valence electrons. The first-order valence-electron chi connectivity index (χ1n) is 14.5. The average Bonchev–Trinajstić information content (AvgIpc) is 3.11. The van der Waals surface area contributed by atoms with Gasteiger partial charge in [0.15, 0.2) is 0 Å². The highest BCUT2D eigenvalue weighted by Gasteiger charge is 2.70. The highest BCUT2D eigenvalue weighted by Crippen LogP contribution is 2.69. The van der Waals surface area contributed by atoms with E-state index in [4.69, 9.17) is 4.74 Å². The van der Waals surface area contributed by atoms with Crippen LogP contribution in [0, 0.1) is 46.3 Å². The number of hydrogen-bond acceptors (Lipinski definition) is 6. The minimum atomic E-state index is -1.44. The fraction of sp³-hybridized carbons (Fsp3) is 0.967. The van der Waals surface area contributed by atoms with Gasteiger partial charge < -0.3 is 25.2 Å². The molecule has 0 saturated heterocycles. The molecule has 0 spiro atoms. The van der Waals surface area contributed by atoms with Crippen LogP contribution in [0.4, 0.5) is 0 Å². The molecule has 4 aliphatic rings. The van der Waals surface area contributed by atoms with E-state index in [-0.39, 0.29) is 42.0 Å². The Morgan fingerprint density at radius 2 is 1.67 bits per heavy atom. The van der Waals surface area contributed by atoms with Gasteiger partial charge in [-0.3, -0.25) is 4.79 Å². The van der Waals surface area contributed by atoms with E-state index in [0.717, 1.165) is 32.1 Å². The van der Waals surface area contributed by atoms with Crippen LogP contribution in [-0.2, 0) is 9.53 Å². The molecule has 4 aliphatic carbocycles. The molecule has 0 heterocycles. The lowest BCUT2D eigenvalue weighted by atomic mass is 9.41. The number of aliphatic hydroxyl groups is 4. The van der Waals surface area contributed by atoms with Crippen molar-refractivity contribution in [3.63, 3.8) is 0 Å². The van der Waals surface area contributed by atoms with Gasteiger partial charge in [0.2, 0.25) is 0 Å². The van der Waals surface area contributed by atoms with Crippen LogP contribution in [0.25, 0.3) is 0 Å². The summed E-state index contributed by atoms with van der Waals surface area (Å²) in [5.41, 5.74) is -2.50. The molecule has 0 aromatic rings. The van der Waals surface area contributed by atoms with E-state index < -0.39 is 34.9 Å². The number of aliphatic hydroxyl groups excluding tert-OH is 3. The zero-order valence-corrected chi connectivity index (χ0v) is 23.7. The Kier molecular flexibility index (Phi) is 7.47. The van der Waals surface area contributed by atoms with Crippen molar-refractivity contribution in [2.75, 3.05) is 0 Å². The summed E-state index contributed by atoms with van der Waals surface area (Å²) in [5, 5.41) is 44.4. The van der Waals surface area contributed by atoms with E-state index in [1.807, 2.05) is 20.8 Å². The van der Waals surface area contributed by atoms with Gasteiger partial charge in [-0.2, -0.15) is 0 Å². The molecule has 4 rings (SSSR count). The van der Waals surface area contributed by atoms with Crippen LogP contribution in [0.15, 0.2) is 0 Å². The number of carbonyl (C=O) groups is 1. The van der Waals surface area contributed by atoms with Gasteiger partial charge in [0.05, 0.1) is 18.3 Å². The van der Waals surface area contributed by atoms with Gasteiger partial charge in [-0.25, -0.2) is 0 Å². The van der Waals surface area contributed by atoms with Crippen molar-refractivity contribution in [1.29, 1.82) is 0 Å². The molecule has 0 aromatic heterocycles. The Morgan fingerprint density at radius 1 is 1.00 bits per heavy atom. The molecule has 0 amide bonds. The first kappa shape index (κ1) is 28.3. The van der Waals surface area contributed by atoms with Gasteiger partial charge in [0, 0.05) is 18.8 Å². The number of fused-ring (bicyclic) bond motifs is 5. The van der Waals surface area contributed by atoms with E-state index in [2.05, 4.69) is 20.8 Å². The minimum Gasteiger partial charge on any atom is -0.460 e. The number of rotatable bonds is 6. The molecule has 0 radical (unpaired) electrons. The molecule has 9 unspecified atom stereocenters. The SMILES string of the molecule is CC(=O)OC(C)(C)[C@@H](C)CC[C@@H](C)C1CCC2C3CC(O)[C@@]4(O)CC(O)CC(O)C4(C)C3CCC21C. The molecule has 36 heavy (non-hydrogen) atoms. The van der Waals surface area contributed by atoms with Crippen LogP contribution < -0.4 is 0 Å². The van der Waals surface area contributed by atoms with Crippen LogP contribution in [0.5, 0.6) is 0 Å². The van der Waals surface area contributed by atoms with Gasteiger partial charge in [-0.1, -0.05) is 34.1 Å². The van der Waals surface area contributed by atoms with Crippen molar-refractivity contribution in [3.05, 3.63) is 0 Å². The second-order valence-electron chi connectivity index (χ2n) is 14.3. The highest BCUT2D eigenvalue weighted by atomic mass is 16.6. The van der Waals surface area contributed by atoms with Crippen LogP contribution in [0.3, 0.4) is 0 Å². The molecular weight excluding hydrogens is 456 g/mol. The molecule has 4 N–H and O–H groups in total. The predicted octanol–water partition coefficient (Wildman–Crippen LogP) is 4.46. The molecule has 0 aromatic carbocycles. The number of esters is 1. The van der Waals surface area contributed by atoms with E-state index in [1.54, 1.807) is 0 Å². The zero-order chi connectivity index (χ0) is 26.8. The van der Waals surface area contributed by atoms with Crippen LogP contribution in [-0.4, -0.2) is 55.9 Å². The molecule has 4 fully saturated rings. The second kappa shape index (κ2) is 9.50. The second-order valence-corrected chi connectivity index (χ2v) is 14.3. The molecule has 0 aliphatic heterocycles. The molecule has 6 nitrogen and oxygen atoms in total. The van der Waals surface area contributed by atoms with E-state index in [1.165, 1.54) is 13.3 Å². The smallest absolute Gasteiger partial charge is 0.303 e. The number of carbonyl (C=O) groups excluding carboxylic acids is 1. The summed E-state index contributed by atoms with van der Waals surface area (Å²) in [7, 11) is 0. The van der Waals surface area contributed by atoms with Crippen LogP contribution >= 0.6 is 0 Å². The molecule has 4 saturated carbocycles. The molecule has 0 bridgehead atoms. The lowest BCUT2D eigenvalue weighted by molar-refractivity contribution is -0.294. The van der Waals surface area contributed by atoms with Gasteiger partial charge in [0.25, 0.3) is 0 Å². The summed E-state index contributed by atoms with van der Waals surface area (Å²) in [4.78, 5) is 11.5. The fourth-order valence-electron chi connectivity index (χ4n) is 9.84. The maximum absolute atomic E-state index is 11.7.